The Hall–Kier alpha value is -2.29. The van der Waals surface area contributed by atoms with Crippen LogP contribution in [-0.2, 0) is 0 Å². The Morgan fingerprint density at radius 1 is 0.955 bits per heavy atom. The van der Waals surface area contributed by atoms with Crippen molar-refractivity contribution in [2.75, 3.05) is 0 Å². The number of carboxylic acids is 1. The number of hydrogen-bond acceptors (Lipinski definition) is 2. The lowest BCUT2D eigenvalue weighted by molar-refractivity contribution is 0.0693. The molecule has 1 aliphatic carbocycles. The normalized spacial score (nSPS) is 21.5. The van der Waals surface area contributed by atoms with Crippen LogP contribution in [0.4, 0.5) is 0 Å². The van der Waals surface area contributed by atoms with Crippen molar-refractivity contribution in [3.8, 4) is 5.75 Å². The number of rotatable bonds is 3. The Morgan fingerprint density at radius 3 is 2.32 bits per heavy atom. The summed E-state index contributed by atoms with van der Waals surface area (Å²) >= 11 is 0. The Morgan fingerprint density at radius 2 is 1.64 bits per heavy atom. The summed E-state index contributed by atoms with van der Waals surface area (Å²) in [5.74, 6) is -0.346. The molecule has 0 heterocycles. The van der Waals surface area contributed by atoms with Crippen molar-refractivity contribution in [1.29, 1.82) is 0 Å². The summed E-state index contributed by atoms with van der Waals surface area (Å²) in [6.07, 6.45) is 4.44. The summed E-state index contributed by atoms with van der Waals surface area (Å²) in [4.78, 5) is 11.2. The van der Waals surface area contributed by atoms with Crippen LogP contribution >= 0.6 is 0 Å². The SMILES string of the molecule is O=C(O)c1cc(C2CCCC(c3ccccc3)C2)ccc1O. The Balaban J connectivity index is 1.83. The number of aromatic carboxylic acids is 1. The van der Waals surface area contributed by atoms with E-state index in [1.165, 1.54) is 18.1 Å². The van der Waals surface area contributed by atoms with Crippen LogP contribution < -0.4 is 0 Å². The molecule has 2 aromatic carbocycles. The van der Waals surface area contributed by atoms with Crippen LogP contribution in [0.15, 0.2) is 48.5 Å². The first-order valence-corrected chi connectivity index (χ1v) is 7.76. The first-order chi connectivity index (χ1) is 10.6. The van der Waals surface area contributed by atoms with Crippen molar-refractivity contribution in [3.63, 3.8) is 0 Å². The lowest BCUT2D eigenvalue weighted by Gasteiger charge is -2.30. The van der Waals surface area contributed by atoms with Crippen molar-refractivity contribution >= 4 is 5.97 Å². The van der Waals surface area contributed by atoms with Crippen molar-refractivity contribution in [3.05, 3.63) is 65.2 Å². The first kappa shape index (κ1) is 14.6. The minimum absolute atomic E-state index is 0.000616. The van der Waals surface area contributed by atoms with Gasteiger partial charge >= 0.3 is 5.97 Å². The fourth-order valence-corrected chi connectivity index (χ4v) is 3.50. The van der Waals surface area contributed by atoms with Gasteiger partial charge in [0, 0.05) is 0 Å². The molecule has 0 bridgehead atoms. The Labute approximate surface area is 130 Å². The Kier molecular flexibility index (Phi) is 4.14. The topological polar surface area (TPSA) is 57.5 Å². The summed E-state index contributed by atoms with van der Waals surface area (Å²) in [7, 11) is 0. The molecular formula is C19H20O3. The van der Waals surface area contributed by atoms with Gasteiger partial charge in [-0.3, -0.25) is 0 Å². The second-order valence-electron chi connectivity index (χ2n) is 6.05. The highest BCUT2D eigenvalue weighted by molar-refractivity contribution is 5.91. The van der Waals surface area contributed by atoms with E-state index in [0.29, 0.717) is 11.8 Å². The van der Waals surface area contributed by atoms with Gasteiger partial charge in [0.1, 0.15) is 11.3 Å². The van der Waals surface area contributed by atoms with Gasteiger partial charge in [-0.15, -0.1) is 0 Å². The number of carboxylic acid groups (broad SMARTS) is 1. The number of aromatic hydroxyl groups is 1. The smallest absolute Gasteiger partial charge is 0.339 e. The van der Waals surface area contributed by atoms with E-state index in [0.717, 1.165) is 24.8 Å². The zero-order valence-corrected chi connectivity index (χ0v) is 12.4. The zero-order chi connectivity index (χ0) is 15.5. The quantitative estimate of drug-likeness (QED) is 0.874. The van der Waals surface area contributed by atoms with Gasteiger partial charge in [0.05, 0.1) is 0 Å². The lowest BCUT2D eigenvalue weighted by Crippen LogP contribution is -2.13. The third-order valence-electron chi connectivity index (χ3n) is 4.67. The molecule has 0 aliphatic heterocycles. The molecule has 2 aromatic rings. The second-order valence-corrected chi connectivity index (χ2v) is 6.05. The summed E-state index contributed by atoms with van der Waals surface area (Å²) < 4.78 is 0. The van der Waals surface area contributed by atoms with Crippen LogP contribution in [0.5, 0.6) is 5.75 Å². The van der Waals surface area contributed by atoms with Crippen LogP contribution in [0.25, 0.3) is 0 Å². The fourth-order valence-electron chi connectivity index (χ4n) is 3.50. The van der Waals surface area contributed by atoms with Gasteiger partial charge in [0.25, 0.3) is 0 Å². The van der Waals surface area contributed by atoms with Gasteiger partial charge < -0.3 is 10.2 Å². The molecule has 1 fully saturated rings. The number of benzene rings is 2. The predicted octanol–water partition coefficient (Wildman–Crippen LogP) is 4.53. The minimum Gasteiger partial charge on any atom is -0.507 e. The number of carbonyl (C=O) groups is 1. The van der Waals surface area contributed by atoms with Crippen LogP contribution in [0, 0.1) is 0 Å². The molecule has 114 valence electrons. The van der Waals surface area contributed by atoms with Crippen LogP contribution in [-0.4, -0.2) is 16.2 Å². The molecule has 22 heavy (non-hydrogen) atoms. The van der Waals surface area contributed by atoms with Gasteiger partial charge in [-0.25, -0.2) is 4.79 Å². The molecule has 0 saturated heterocycles. The molecule has 0 radical (unpaired) electrons. The highest BCUT2D eigenvalue weighted by atomic mass is 16.4. The summed E-state index contributed by atoms with van der Waals surface area (Å²) in [6, 6.07) is 15.5. The minimum atomic E-state index is -1.07. The molecule has 2 unspecified atom stereocenters. The maximum Gasteiger partial charge on any atom is 0.339 e. The third-order valence-corrected chi connectivity index (χ3v) is 4.67. The molecule has 1 aliphatic rings. The lowest BCUT2D eigenvalue weighted by atomic mass is 9.75. The van der Waals surface area contributed by atoms with Crippen LogP contribution in [0.3, 0.4) is 0 Å². The van der Waals surface area contributed by atoms with Gasteiger partial charge in [-0.05, 0) is 54.4 Å². The first-order valence-electron chi connectivity index (χ1n) is 7.76. The maximum atomic E-state index is 11.2. The summed E-state index contributed by atoms with van der Waals surface area (Å²) in [5.41, 5.74) is 2.39. The highest BCUT2D eigenvalue weighted by Crippen LogP contribution is 2.41. The van der Waals surface area contributed by atoms with Crippen molar-refractivity contribution in [2.45, 2.75) is 37.5 Å². The van der Waals surface area contributed by atoms with E-state index in [2.05, 4.69) is 24.3 Å². The Bertz CT molecular complexity index is 664. The van der Waals surface area contributed by atoms with Crippen LogP contribution in [0.2, 0.25) is 0 Å². The van der Waals surface area contributed by atoms with Gasteiger partial charge in [0.2, 0.25) is 0 Å². The fraction of sp³-hybridized carbons (Fsp3) is 0.316. The molecule has 2 N–H and O–H groups in total. The van der Waals surface area contributed by atoms with E-state index in [9.17, 15) is 9.90 Å². The average molecular weight is 296 g/mol. The second kappa shape index (κ2) is 6.22. The molecular weight excluding hydrogens is 276 g/mol. The molecule has 0 amide bonds. The van der Waals surface area contributed by atoms with E-state index in [1.807, 2.05) is 12.1 Å². The maximum absolute atomic E-state index is 11.2. The van der Waals surface area contributed by atoms with Gasteiger partial charge in [0.15, 0.2) is 0 Å². The molecule has 3 rings (SSSR count). The number of hydrogen-bond donors (Lipinski definition) is 2. The third kappa shape index (κ3) is 2.98. The van der Waals surface area contributed by atoms with E-state index >= 15 is 0 Å². The van der Waals surface area contributed by atoms with Crippen molar-refractivity contribution in [2.24, 2.45) is 0 Å². The summed E-state index contributed by atoms with van der Waals surface area (Å²) in [6.45, 7) is 0. The van der Waals surface area contributed by atoms with E-state index in [4.69, 9.17) is 5.11 Å². The van der Waals surface area contributed by atoms with Gasteiger partial charge in [-0.2, -0.15) is 0 Å². The van der Waals surface area contributed by atoms with Crippen molar-refractivity contribution in [1.82, 2.24) is 0 Å². The highest BCUT2D eigenvalue weighted by Gasteiger charge is 2.25. The molecule has 2 atom stereocenters. The molecule has 0 aromatic heterocycles. The molecule has 1 saturated carbocycles. The van der Waals surface area contributed by atoms with E-state index in [1.54, 1.807) is 6.07 Å². The van der Waals surface area contributed by atoms with E-state index in [-0.39, 0.29) is 11.3 Å². The van der Waals surface area contributed by atoms with Crippen LogP contribution in [0.1, 0.15) is 59.0 Å². The average Bonchev–Trinajstić information content (AvgIpc) is 2.56. The predicted molar refractivity (Wildman–Crippen MR) is 85.5 cm³/mol. The van der Waals surface area contributed by atoms with Gasteiger partial charge in [-0.1, -0.05) is 42.8 Å². The molecule has 3 nitrogen and oxygen atoms in total. The zero-order valence-electron chi connectivity index (χ0n) is 12.4. The summed E-state index contributed by atoms with van der Waals surface area (Å²) in [5, 5.41) is 18.8. The van der Waals surface area contributed by atoms with E-state index < -0.39 is 5.97 Å². The standard InChI is InChI=1S/C19H20O3/c20-18-10-9-16(12-17(18)19(21)22)15-8-4-7-14(11-15)13-5-2-1-3-6-13/h1-3,5-6,9-10,12,14-15,20H,4,7-8,11H2,(H,21,22). The number of phenols is 1. The monoisotopic (exact) mass is 296 g/mol. The molecule has 3 heteroatoms. The largest absolute Gasteiger partial charge is 0.507 e. The molecule has 0 spiro atoms. The van der Waals surface area contributed by atoms with Crippen molar-refractivity contribution < 1.29 is 15.0 Å².